The average molecular weight is 403 g/mol. The van der Waals surface area contributed by atoms with Crippen molar-refractivity contribution in [3.05, 3.63) is 95.0 Å². The molecule has 1 amide bonds. The molecule has 1 aromatic heterocycles. The first-order chi connectivity index (χ1) is 14.5. The molecule has 3 aromatic rings. The Kier molecular flexibility index (Phi) is 5.14. The fourth-order valence-electron chi connectivity index (χ4n) is 3.64. The van der Waals surface area contributed by atoms with E-state index in [-0.39, 0.29) is 17.9 Å². The molecule has 6 heteroatoms. The summed E-state index contributed by atoms with van der Waals surface area (Å²) in [6.45, 7) is 2.03. The van der Waals surface area contributed by atoms with E-state index in [1.54, 1.807) is 55.6 Å². The maximum atomic E-state index is 13.0. The molecule has 0 bridgehead atoms. The van der Waals surface area contributed by atoms with Crippen LogP contribution in [0.5, 0.6) is 5.75 Å². The number of aryl methyl sites for hydroxylation is 1. The Morgan fingerprint density at radius 3 is 2.53 bits per heavy atom. The topological polar surface area (TPSA) is 80.0 Å². The normalized spacial score (nSPS) is 18.1. The number of furan rings is 1. The summed E-state index contributed by atoms with van der Waals surface area (Å²) in [6.07, 6.45) is 1.51. The van der Waals surface area contributed by atoms with E-state index in [1.165, 1.54) is 11.2 Å². The van der Waals surface area contributed by atoms with Gasteiger partial charge in [0.1, 0.15) is 17.3 Å². The molecule has 1 aliphatic rings. The van der Waals surface area contributed by atoms with Crippen LogP contribution >= 0.6 is 0 Å². The standard InChI is InChI=1S/C24H21NO5/c1-15-8-10-16(11-9-15)22(26)20-21(17-5-3-6-18(13-17)29-2)25(24(28)23(20)27)14-19-7-4-12-30-19/h3-13,21,26H,14H2,1-2H3/b22-20+/t21-/m1/s1. The molecule has 0 unspecified atom stereocenters. The van der Waals surface area contributed by atoms with Crippen molar-refractivity contribution in [3.63, 3.8) is 0 Å². The lowest BCUT2D eigenvalue weighted by atomic mass is 9.95. The molecule has 152 valence electrons. The molecule has 6 nitrogen and oxygen atoms in total. The van der Waals surface area contributed by atoms with Gasteiger partial charge in [0.15, 0.2) is 0 Å². The van der Waals surface area contributed by atoms with Crippen molar-refractivity contribution >= 4 is 17.4 Å². The van der Waals surface area contributed by atoms with Crippen LogP contribution in [0.2, 0.25) is 0 Å². The third-order valence-electron chi connectivity index (χ3n) is 5.18. The van der Waals surface area contributed by atoms with Crippen molar-refractivity contribution < 1.29 is 23.8 Å². The van der Waals surface area contributed by atoms with Crippen LogP contribution in [-0.4, -0.2) is 28.8 Å². The predicted molar refractivity (Wildman–Crippen MR) is 111 cm³/mol. The Balaban J connectivity index is 1.87. The van der Waals surface area contributed by atoms with Gasteiger partial charge in [-0.05, 0) is 36.8 Å². The van der Waals surface area contributed by atoms with E-state index < -0.39 is 17.7 Å². The highest BCUT2D eigenvalue weighted by molar-refractivity contribution is 6.46. The van der Waals surface area contributed by atoms with Crippen molar-refractivity contribution in [1.82, 2.24) is 4.90 Å². The molecule has 0 aliphatic carbocycles. The molecular formula is C24H21NO5. The van der Waals surface area contributed by atoms with Gasteiger partial charge in [0, 0.05) is 5.56 Å². The van der Waals surface area contributed by atoms with E-state index in [0.717, 1.165) is 5.56 Å². The summed E-state index contributed by atoms with van der Waals surface area (Å²) in [4.78, 5) is 27.3. The van der Waals surface area contributed by atoms with Gasteiger partial charge in [0.2, 0.25) is 0 Å². The number of likely N-dealkylation sites (tertiary alicyclic amines) is 1. The second-order valence-corrected chi connectivity index (χ2v) is 7.15. The first kappa shape index (κ1) is 19.5. The Labute approximate surface area is 174 Å². The minimum Gasteiger partial charge on any atom is -0.507 e. The number of carbonyl (C=O) groups is 2. The molecule has 1 fully saturated rings. The van der Waals surface area contributed by atoms with Crippen LogP contribution in [-0.2, 0) is 16.1 Å². The highest BCUT2D eigenvalue weighted by atomic mass is 16.5. The summed E-state index contributed by atoms with van der Waals surface area (Å²) >= 11 is 0. The summed E-state index contributed by atoms with van der Waals surface area (Å²) < 4.78 is 10.7. The fourth-order valence-corrected chi connectivity index (χ4v) is 3.64. The highest BCUT2D eigenvalue weighted by Crippen LogP contribution is 2.41. The van der Waals surface area contributed by atoms with Crippen molar-refractivity contribution in [2.24, 2.45) is 0 Å². The number of amides is 1. The van der Waals surface area contributed by atoms with E-state index in [2.05, 4.69) is 0 Å². The lowest BCUT2D eigenvalue weighted by Crippen LogP contribution is -2.29. The number of Topliss-reactive ketones (excluding diaryl/α,β-unsaturated/α-hetero) is 1. The molecule has 0 radical (unpaired) electrons. The number of ketones is 1. The van der Waals surface area contributed by atoms with Crippen LogP contribution in [0, 0.1) is 6.92 Å². The third kappa shape index (κ3) is 3.48. The van der Waals surface area contributed by atoms with Gasteiger partial charge in [-0.1, -0.05) is 42.0 Å². The van der Waals surface area contributed by atoms with E-state index in [1.807, 2.05) is 19.1 Å². The number of rotatable bonds is 5. The Hall–Kier alpha value is -3.80. The monoisotopic (exact) mass is 403 g/mol. The third-order valence-corrected chi connectivity index (χ3v) is 5.18. The van der Waals surface area contributed by atoms with Crippen molar-refractivity contribution in [1.29, 1.82) is 0 Å². The van der Waals surface area contributed by atoms with Gasteiger partial charge in [0.05, 0.1) is 31.5 Å². The van der Waals surface area contributed by atoms with Crippen LogP contribution in [0.15, 0.2) is 76.9 Å². The van der Waals surface area contributed by atoms with Gasteiger partial charge in [0.25, 0.3) is 11.7 Å². The second kappa shape index (κ2) is 7.91. The van der Waals surface area contributed by atoms with Crippen LogP contribution in [0.1, 0.15) is 28.5 Å². The van der Waals surface area contributed by atoms with Gasteiger partial charge >= 0.3 is 0 Å². The minimum absolute atomic E-state index is 0.0451. The number of ether oxygens (including phenoxy) is 1. The molecule has 0 saturated carbocycles. The molecule has 1 aliphatic heterocycles. The molecule has 1 atom stereocenters. The van der Waals surface area contributed by atoms with Crippen molar-refractivity contribution in [2.75, 3.05) is 7.11 Å². The van der Waals surface area contributed by atoms with Crippen molar-refractivity contribution in [3.8, 4) is 5.75 Å². The fraction of sp³-hybridized carbons (Fsp3) is 0.167. The first-order valence-corrected chi connectivity index (χ1v) is 9.51. The van der Waals surface area contributed by atoms with Gasteiger partial charge in [-0.15, -0.1) is 0 Å². The lowest BCUT2D eigenvalue weighted by Gasteiger charge is -2.24. The van der Waals surface area contributed by atoms with E-state index in [4.69, 9.17) is 9.15 Å². The van der Waals surface area contributed by atoms with Crippen LogP contribution in [0.4, 0.5) is 0 Å². The smallest absolute Gasteiger partial charge is 0.296 e. The van der Waals surface area contributed by atoms with Gasteiger partial charge in [-0.2, -0.15) is 0 Å². The van der Waals surface area contributed by atoms with Crippen LogP contribution in [0.25, 0.3) is 5.76 Å². The number of methoxy groups -OCH3 is 1. The Morgan fingerprint density at radius 1 is 1.10 bits per heavy atom. The quantitative estimate of drug-likeness (QED) is 0.392. The molecule has 1 N–H and O–H groups in total. The highest BCUT2D eigenvalue weighted by Gasteiger charge is 2.46. The predicted octanol–water partition coefficient (Wildman–Crippen LogP) is 4.22. The maximum Gasteiger partial charge on any atom is 0.296 e. The summed E-state index contributed by atoms with van der Waals surface area (Å²) in [5.74, 6) is -0.491. The Bertz CT molecular complexity index is 1110. The largest absolute Gasteiger partial charge is 0.507 e. The lowest BCUT2D eigenvalue weighted by molar-refractivity contribution is -0.140. The van der Waals surface area contributed by atoms with E-state index in [9.17, 15) is 14.7 Å². The average Bonchev–Trinajstić information content (AvgIpc) is 3.36. The molecule has 2 aromatic carbocycles. The number of aliphatic hydroxyl groups excluding tert-OH is 1. The minimum atomic E-state index is -0.772. The van der Waals surface area contributed by atoms with E-state index in [0.29, 0.717) is 22.6 Å². The summed E-state index contributed by atoms with van der Waals surface area (Å²) in [6, 6.07) is 17.0. The second-order valence-electron chi connectivity index (χ2n) is 7.15. The molecule has 0 spiro atoms. The molecule has 4 rings (SSSR count). The molecule has 2 heterocycles. The number of benzene rings is 2. The van der Waals surface area contributed by atoms with Crippen LogP contribution < -0.4 is 4.74 Å². The first-order valence-electron chi connectivity index (χ1n) is 9.51. The van der Waals surface area contributed by atoms with Gasteiger partial charge in [-0.25, -0.2) is 0 Å². The van der Waals surface area contributed by atoms with Gasteiger partial charge in [-0.3, -0.25) is 9.59 Å². The number of carbonyl (C=O) groups excluding carboxylic acids is 2. The van der Waals surface area contributed by atoms with Crippen LogP contribution in [0.3, 0.4) is 0 Å². The maximum absolute atomic E-state index is 13.0. The molecular weight excluding hydrogens is 382 g/mol. The number of aliphatic hydroxyl groups is 1. The SMILES string of the molecule is COc1cccc([C@@H]2/C(=C(\O)c3ccc(C)cc3)C(=O)C(=O)N2Cc2ccco2)c1. The zero-order valence-electron chi connectivity index (χ0n) is 16.7. The summed E-state index contributed by atoms with van der Waals surface area (Å²) in [5.41, 5.74) is 2.20. The zero-order chi connectivity index (χ0) is 21.3. The van der Waals surface area contributed by atoms with Crippen molar-refractivity contribution in [2.45, 2.75) is 19.5 Å². The number of hydrogen-bond acceptors (Lipinski definition) is 5. The van der Waals surface area contributed by atoms with E-state index >= 15 is 0 Å². The summed E-state index contributed by atoms with van der Waals surface area (Å²) in [7, 11) is 1.55. The Morgan fingerprint density at radius 2 is 1.87 bits per heavy atom. The molecule has 1 saturated heterocycles. The summed E-state index contributed by atoms with van der Waals surface area (Å²) in [5, 5.41) is 11.0. The zero-order valence-corrected chi connectivity index (χ0v) is 16.7. The molecule has 30 heavy (non-hydrogen) atoms. The number of nitrogens with zero attached hydrogens (tertiary/aromatic N) is 1. The number of hydrogen-bond donors (Lipinski definition) is 1. The van der Waals surface area contributed by atoms with Gasteiger partial charge < -0.3 is 19.2 Å².